The molecule has 2 N–H and O–H groups in total. The van der Waals surface area contributed by atoms with Crippen LogP contribution in [-0.2, 0) is 0 Å². The molecule has 26 heavy (non-hydrogen) atoms. The van der Waals surface area contributed by atoms with E-state index < -0.39 is 6.09 Å². The van der Waals surface area contributed by atoms with E-state index >= 15 is 0 Å². The van der Waals surface area contributed by atoms with Crippen molar-refractivity contribution in [3.8, 4) is 5.75 Å². The molecule has 0 spiro atoms. The number of ether oxygens (including phenoxy) is 1. The number of nitrogens with two attached hydrogens (primary N) is 1. The van der Waals surface area contributed by atoms with Crippen molar-refractivity contribution in [2.75, 3.05) is 25.0 Å². The second-order valence-electron chi connectivity index (χ2n) is 5.80. The summed E-state index contributed by atoms with van der Waals surface area (Å²) in [5.74, 6) is 0.377. The average Bonchev–Trinajstić information content (AvgIpc) is 2.74. The van der Waals surface area contributed by atoms with Crippen LogP contribution in [0.4, 0.5) is 10.5 Å². The Labute approximate surface area is 161 Å². The van der Waals surface area contributed by atoms with Crippen LogP contribution in [0.1, 0.15) is 11.1 Å². The summed E-state index contributed by atoms with van der Waals surface area (Å²) in [6.45, 7) is 1.44. The smallest absolute Gasteiger partial charge is 0.409 e. The number of amides is 1. The van der Waals surface area contributed by atoms with E-state index in [1.807, 2.05) is 31.3 Å². The number of primary amides is 1. The van der Waals surface area contributed by atoms with Crippen LogP contribution in [0.15, 0.2) is 47.5 Å². The lowest BCUT2D eigenvalue weighted by Crippen LogP contribution is -2.20. The molecule has 0 saturated heterocycles. The lowest BCUT2D eigenvalue weighted by molar-refractivity contribution is 0.211. The fourth-order valence-electron chi connectivity index (χ4n) is 2.69. The van der Waals surface area contributed by atoms with Crippen molar-refractivity contribution in [2.45, 2.75) is 0 Å². The van der Waals surface area contributed by atoms with Crippen LogP contribution < -0.4 is 15.4 Å². The van der Waals surface area contributed by atoms with Crippen LogP contribution in [0.3, 0.4) is 0 Å². The lowest BCUT2D eigenvalue weighted by atomic mass is 10.0. The zero-order valence-electron chi connectivity index (χ0n) is 14.1. The van der Waals surface area contributed by atoms with E-state index in [1.165, 1.54) is 0 Å². The number of allylic oxidation sites excluding steroid dienone is 1. The molecule has 2 aromatic rings. The first kappa shape index (κ1) is 18.3. The van der Waals surface area contributed by atoms with Gasteiger partial charge in [0, 0.05) is 24.8 Å². The number of benzene rings is 2. The zero-order valence-corrected chi connectivity index (χ0v) is 15.6. The molecule has 2 aromatic carbocycles. The summed E-state index contributed by atoms with van der Waals surface area (Å²) in [6.07, 6.45) is 2.97. The Hall–Kier alpha value is -2.50. The van der Waals surface area contributed by atoms with Gasteiger partial charge in [-0.1, -0.05) is 35.3 Å². The summed E-state index contributed by atoms with van der Waals surface area (Å²) < 4.78 is 5.01. The minimum Gasteiger partial charge on any atom is -0.410 e. The van der Waals surface area contributed by atoms with Crippen LogP contribution in [0.2, 0.25) is 10.0 Å². The van der Waals surface area contributed by atoms with Crippen molar-refractivity contribution in [1.82, 2.24) is 0 Å². The highest BCUT2D eigenvalue weighted by Gasteiger charge is 2.16. The third-order valence-electron chi connectivity index (χ3n) is 3.97. The predicted octanol–water partition coefficient (Wildman–Crippen LogP) is 4.40. The molecule has 1 aliphatic heterocycles. The quantitative estimate of drug-likeness (QED) is 0.845. The molecule has 0 fully saturated rings. The number of carbonyl (C=O) groups excluding carboxylic acids is 1. The van der Waals surface area contributed by atoms with E-state index in [1.54, 1.807) is 24.3 Å². The van der Waals surface area contributed by atoms with E-state index in [0.717, 1.165) is 29.1 Å². The Balaban J connectivity index is 1.97. The molecule has 1 amide bonds. The van der Waals surface area contributed by atoms with Crippen molar-refractivity contribution in [3.63, 3.8) is 0 Å². The van der Waals surface area contributed by atoms with E-state index in [-0.39, 0.29) is 0 Å². The predicted molar refractivity (Wildman–Crippen MR) is 107 cm³/mol. The summed E-state index contributed by atoms with van der Waals surface area (Å²) in [5.41, 5.74) is 8.66. The maximum absolute atomic E-state index is 11.0. The van der Waals surface area contributed by atoms with Gasteiger partial charge in [0.2, 0.25) is 0 Å². The van der Waals surface area contributed by atoms with Gasteiger partial charge in [-0.3, -0.25) is 4.99 Å². The van der Waals surface area contributed by atoms with E-state index in [2.05, 4.69) is 9.89 Å². The van der Waals surface area contributed by atoms with Gasteiger partial charge in [-0.15, -0.1) is 0 Å². The molecular formula is C19H17Cl2N3O2. The summed E-state index contributed by atoms with van der Waals surface area (Å²) in [6, 6.07) is 10.8. The number of benzodiazepines with no additional fused rings is 1. The third-order valence-corrected chi connectivity index (χ3v) is 4.71. The van der Waals surface area contributed by atoms with Crippen LogP contribution in [0, 0.1) is 0 Å². The highest BCUT2D eigenvalue weighted by Crippen LogP contribution is 2.28. The first-order chi connectivity index (χ1) is 12.4. The molecule has 0 saturated carbocycles. The number of halogens is 2. The lowest BCUT2D eigenvalue weighted by Gasteiger charge is -2.19. The van der Waals surface area contributed by atoms with Crippen LogP contribution >= 0.6 is 23.2 Å². The van der Waals surface area contributed by atoms with Gasteiger partial charge >= 0.3 is 6.09 Å². The second-order valence-corrected chi connectivity index (χ2v) is 6.61. The molecule has 0 aromatic heterocycles. The minimum absolute atomic E-state index is 0.377. The normalized spacial score (nSPS) is 14.0. The van der Waals surface area contributed by atoms with Crippen molar-refractivity contribution in [3.05, 3.63) is 63.6 Å². The van der Waals surface area contributed by atoms with Gasteiger partial charge < -0.3 is 15.4 Å². The highest BCUT2D eigenvalue weighted by atomic mass is 35.5. The number of rotatable bonds is 3. The number of fused-ring (bicyclic) bond motifs is 1. The van der Waals surface area contributed by atoms with Crippen molar-refractivity contribution < 1.29 is 9.53 Å². The van der Waals surface area contributed by atoms with E-state index in [9.17, 15) is 4.79 Å². The molecule has 1 heterocycles. The number of nitrogens with zero attached hydrogens (tertiary/aromatic N) is 2. The molecule has 7 heteroatoms. The number of hydrogen-bond acceptors (Lipinski definition) is 4. The standard InChI is InChI=1S/C19H17Cl2N3O2/c1-24-9-8-23-17(6-3-12-2-5-15(20)16(21)10-12)14-11-13(26-19(22)25)4-7-18(14)24/h2-7,10-11H,8-9H2,1H3,(H2,22,25)/b6-3+. The second kappa shape index (κ2) is 7.81. The van der Waals surface area contributed by atoms with Crippen LogP contribution in [-0.4, -0.2) is 31.9 Å². The van der Waals surface area contributed by atoms with Gasteiger partial charge in [0.1, 0.15) is 5.75 Å². The molecule has 3 rings (SSSR count). The Morgan fingerprint density at radius 1 is 1.19 bits per heavy atom. The number of likely N-dealkylation sites (N-methyl/N-ethyl adjacent to an activating group) is 1. The molecule has 134 valence electrons. The van der Waals surface area contributed by atoms with Crippen molar-refractivity contribution in [2.24, 2.45) is 10.7 Å². The number of hydrogen-bond donors (Lipinski definition) is 1. The van der Waals surface area contributed by atoms with Gasteiger partial charge in [0.25, 0.3) is 0 Å². The maximum atomic E-state index is 11.0. The first-order valence-electron chi connectivity index (χ1n) is 7.94. The molecule has 0 aliphatic carbocycles. The highest BCUT2D eigenvalue weighted by molar-refractivity contribution is 6.42. The van der Waals surface area contributed by atoms with Crippen LogP contribution in [0.5, 0.6) is 5.75 Å². The molecule has 5 nitrogen and oxygen atoms in total. The summed E-state index contributed by atoms with van der Waals surface area (Å²) in [5, 5.41) is 1.00. The Morgan fingerprint density at radius 2 is 2.00 bits per heavy atom. The molecule has 0 bridgehead atoms. The fraction of sp³-hybridized carbons (Fsp3) is 0.158. The largest absolute Gasteiger partial charge is 0.410 e. The summed E-state index contributed by atoms with van der Waals surface area (Å²) in [7, 11) is 1.99. The molecule has 0 atom stereocenters. The van der Waals surface area contributed by atoms with E-state index in [4.69, 9.17) is 33.7 Å². The molecule has 1 aliphatic rings. The van der Waals surface area contributed by atoms with Crippen molar-refractivity contribution >= 4 is 46.8 Å². The first-order valence-corrected chi connectivity index (χ1v) is 8.70. The Morgan fingerprint density at radius 3 is 2.73 bits per heavy atom. The molecule has 0 radical (unpaired) electrons. The number of anilines is 1. The topological polar surface area (TPSA) is 67.9 Å². The monoisotopic (exact) mass is 389 g/mol. The van der Waals surface area contributed by atoms with E-state index in [0.29, 0.717) is 22.3 Å². The Bertz CT molecular complexity index is 910. The van der Waals surface area contributed by atoms with Gasteiger partial charge in [-0.2, -0.15) is 0 Å². The van der Waals surface area contributed by atoms with Crippen molar-refractivity contribution in [1.29, 1.82) is 0 Å². The third kappa shape index (κ3) is 4.18. The van der Waals surface area contributed by atoms with Crippen LogP contribution in [0.25, 0.3) is 6.08 Å². The minimum atomic E-state index is -0.850. The average molecular weight is 390 g/mol. The van der Waals surface area contributed by atoms with Gasteiger partial charge in [-0.25, -0.2) is 4.79 Å². The molecule has 0 unspecified atom stereocenters. The fourth-order valence-corrected chi connectivity index (χ4v) is 3.00. The summed E-state index contributed by atoms with van der Waals surface area (Å²) >= 11 is 12.0. The van der Waals surface area contributed by atoms with Gasteiger partial charge in [0.15, 0.2) is 0 Å². The maximum Gasteiger partial charge on any atom is 0.409 e. The summed E-state index contributed by atoms with van der Waals surface area (Å²) in [4.78, 5) is 17.8. The number of carbonyl (C=O) groups is 1. The molecular weight excluding hydrogens is 373 g/mol. The Kier molecular flexibility index (Phi) is 5.49. The number of aliphatic imine (C=N–C) groups is 1. The SMILES string of the molecule is CN1CCN=C(/C=C/c2ccc(Cl)c(Cl)c2)c2cc(OC(N)=O)ccc21. The van der Waals surface area contributed by atoms with Gasteiger partial charge in [0.05, 0.1) is 22.3 Å². The zero-order chi connectivity index (χ0) is 18.7. The van der Waals surface area contributed by atoms with Gasteiger partial charge in [-0.05, 0) is 42.0 Å².